The Morgan fingerprint density at radius 3 is 2.73 bits per heavy atom. The van der Waals surface area contributed by atoms with Gasteiger partial charge in [0.15, 0.2) is 5.96 Å². The molecule has 2 aromatic rings. The number of benzene rings is 1. The van der Waals surface area contributed by atoms with E-state index in [9.17, 15) is 4.39 Å². The fourth-order valence-electron chi connectivity index (χ4n) is 1.79. The highest BCUT2D eigenvalue weighted by Crippen LogP contribution is 2.07. The zero-order valence-corrected chi connectivity index (χ0v) is 12.4. The lowest BCUT2D eigenvalue weighted by atomic mass is 10.3. The van der Waals surface area contributed by atoms with E-state index < -0.39 is 0 Å². The molecule has 0 unspecified atom stereocenters. The second-order valence-electron chi connectivity index (χ2n) is 4.45. The summed E-state index contributed by atoms with van der Waals surface area (Å²) in [4.78, 5) is 8.04. The Morgan fingerprint density at radius 1 is 1.18 bits per heavy atom. The van der Waals surface area contributed by atoms with Gasteiger partial charge in [-0.1, -0.05) is 18.2 Å². The van der Waals surface area contributed by atoms with Crippen molar-refractivity contribution in [2.75, 3.05) is 20.2 Å². The number of ether oxygens (including phenoxy) is 1. The van der Waals surface area contributed by atoms with E-state index >= 15 is 0 Å². The van der Waals surface area contributed by atoms with Crippen molar-refractivity contribution in [2.24, 2.45) is 4.99 Å². The van der Waals surface area contributed by atoms with Gasteiger partial charge in [0.2, 0.25) is 0 Å². The summed E-state index contributed by atoms with van der Waals surface area (Å²) in [5, 5.41) is 6.10. The quantitative estimate of drug-likeness (QED) is 0.486. The van der Waals surface area contributed by atoms with Crippen LogP contribution in [0.15, 0.2) is 53.7 Å². The van der Waals surface area contributed by atoms with Crippen LogP contribution in [-0.4, -0.2) is 31.1 Å². The maximum Gasteiger partial charge on any atom is 0.191 e. The largest absolute Gasteiger partial charge is 0.492 e. The number of nitrogens with zero attached hydrogens (tertiary/aromatic N) is 2. The number of guanidine groups is 1. The third kappa shape index (κ3) is 5.05. The van der Waals surface area contributed by atoms with Gasteiger partial charge in [0, 0.05) is 13.2 Å². The van der Waals surface area contributed by atoms with Gasteiger partial charge in [-0.2, -0.15) is 0 Å². The van der Waals surface area contributed by atoms with Crippen LogP contribution < -0.4 is 15.4 Å². The van der Waals surface area contributed by atoms with E-state index in [1.807, 2.05) is 30.3 Å². The molecule has 0 atom stereocenters. The molecular weight excluding hydrogens is 283 g/mol. The smallest absolute Gasteiger partial charge is 0.191 e. The van der Waals surface area contributed by atoms with Gasteiger partial charge in [-0.15, -0.1) is 0 Å². The Kier molecular flexibility index (Phi) is 6.17. The molecule has 6 heteroatoms. The second-order valence-corrected chi connectivity index (χ2v) is 4.45. The number of halogens is 1. The summed E-state index contributed by atoms with van der Waals surface area (Å²) in [6.45, 7) is 1.35. The highest BCUT2D eigenvalue weighted by atomic mass is 19.1. The molecule has 0 saturated carbocycles. The van der Waals surface area contributed by atoms with Crippen LogP contribution in [0, 0.1) is 5.82 Å². The van der Waals surface area contributed by atoms with Crippen molar-refractivity contribution in [3.05, 3.63) is 60.2 Å². The van der Waals surface area contributed by atoms with Crippen LogP contribution in [-0.2, 0) is 6.54 Å². The number of para-hydroxylation sites is 1. The molecule has 0 saturated heterocycles. The molecule has 1 heterocycles. The van der Waals surface area contributed by atoms with Gasteiger partial charge in [-0.3, -0.25) is 9.98 Å². The molecule has 116 valence electrons. The molecule has 0 spiro atoms. The number of nitrogens with one attached hydrogen (secondary N) is 2. The minimum atomic E-state index is -0.335. The van der Waals surface area contributed by atoms with Gasteiger partial charge in [-0.05, 0) is 24.3 Å². The van der Waals surface area contributed by atoms with Crippen LogP contribution in [0.3, 0.4) is 0 Å². The van der Waals surface area contributed by atoms with Gasteiger partial charge in [0.25, 0.3) is 0 Å². The lowest BCUT2D eigenvalue weighted by Gasteiger charge is -2.12. The zero-order chi connectivity index (χ0) is 15.6. The number of hydrogen-bond donors (Lipinski definition) is 2. The van der Waals surface area contributed by atoms with Crippen molar-refractivity contribution in [3.63, 3.8) is 0 Å². The van der Waals surface area contributed by atoms with E-state index in [-0.39, 0.29) is 12.4 Å². The van der Waals surface area contributed by atoms with E-state index in [1.54, 1.807) is 19.3 Å². The SMILES string of the molecule is CN=C(NCCOc1ccccc1)NCc1ncccc1F. The van der Waals surface area contributed by atoms with E-state index in [4.69, 9.17) is 4.74 Å². The lowest BCUT2D eigenvalue weighted by Crippen LogP contribution is -2.39. The van der Waals surface area contributed by atoms with Crippen molar-refractivity contribution in [3.8, 4) is 5.75 Å². The molecule has 0 bridgehead atoms. The maximum atomic E-state index is 13.5. The van der Waals surface area contributed by atoms with Crippen molar-refractivity contribution < 1.29 is 9.13 Å². The van der Waals surface area contributed by atoms with Gasteiger partial charge in [0.1, 0.15) is 18.2 Å². The number of aliphatic imine (C=N–C) groups is 1. The van der Waals surface area contributed by atoms with Crippen molar-refractivity contribution in [2.45, 2.75) is 6.54 Å². The molecule has 22 heavy (non-hydrogen) atoms. The molecular formula is C16H19FN4O. The number of hydrogen-bond acceptors (Lipinski definition) is 3. The highest BCUT2D eigenvalue weighted by molar-refractivity contribution is 5.79. The Hall–Kier alpha value is -2.63. The molecule has 0 radical (unpaired) electrons. The van der Waals surface area contributed by atoms with Gasteiger partial charge in [-0.25, -0.2) is 4.39 Å². The molecule has 2 rings (SSSR count). The van der Waals surface area contributed by atoms with Crippen LogP contribution >= 0.6 is 0 Å². The Morgan fingerprint density at radius 2 is 2.00 bits per heavy atom. The summed E-state index contributed by atoms with van der Waals surface area (Å²) in [7, 11) is 1.65. The molecule has 1 aromatic heterocycles. The highest BCUT2D eigenvalue weighted by Gasteiger charge is 2.03. The molecule has 0 fully saturated rings. The predicted octanol–water partition coefficient (Wildman–Crippen LogP) is 1.96. The Bertz CT molecular complexity index is 604. The topological polar surface area (TPSA) is 58.5 Å². The maximum absolute atomic E-state index is 13.5. The third-order valence-electron chi connectivity index (χ3n) is 2.89. The van der Waals surface area contributed by atoms with Crippen LogP contribution in [0.25, 0.3) is 0 Å². The summed E-state index contributed by atoms with van der Waals surface area (Å²) >= 11 is 0. The first kappa shape index (κ1) is 15.8. The summed E-state index contributed by atoms with van der Waals surface area (Å²) in [6.07, 6.45) is 1.56. The molecule has 1 aromatic carbocycles. The number of aromatic nitrogens is 1. The molecule has 0 aliphatic rings. The first-order chi connectivity index (χ1) is 10.8. The minimum absolute atomic E-state index is 0.270. The van der Waals surface area contributed by atoms with Crippen molar-refractivity contribution in [1.29, 1.82) is 0 Å². The molecule has 2 N–H and O–H groups in total. The Labute approximate surface area is 129 Å². The summed E-state index contributed by atoms with van der Waals surface area (Å²) < 4.78 is 19.0. The average Bonchev–Trinajstić information content (AvgIpc) is 2.56. The first-order valence-corrected chi connectivity index (χ1v) is 7.01. The summed E-state index contributed by atoms with van der Waals surface area (Å²) in [5.41, 5.74) is 0.353. The predicted molar refractivity (Wildman–Crippen MR) is 84.3 cm³/mol. The summed E-state index contributed by atoms with van der Waals surface area (Å²) in [5.74, 6) is 1.06. The molecule has 0 aliphatic carbocycles. The zero-order valence-electron chi connectivity index (χ0n) is 12.4. The number of rotatable bonds is 6. The fourth-order valence-corrected chi connectivity index (χ4v) is 1.79. The summed E-state index contributed by atoms with van der Waals surface area (Å²) in [6, 6.07) is 12.5. The molecule has 0 aliphatic heterocycles. The van der Waals surface area contributed by atoms with Crippen LogP contribution in [0.5, 0.6) is 5.75 Å². The van der Waals surface area contributed by atoms with E-state index in [0.29, 0.717) is 24.8 Å². The van der Waals surface area contributed by atoms with E-state index in [0.717, 1.165) is 5.75 Å². The van der Waals surface area contributed by atoms with Crippen LogP contribution in [0.1, 0.15) is 5.69 Å². The van der Waals surface area contributed by atoms with Gasteiger partial charge in [0.05, 0.1) is 18.8 Å². The molecule has 5 nitrogen and oxygen atoms in total. The first-order valence-electron chi connectivity index (χ1n) is 7.01. The Balaban J connectivity index is 1.70. The monoisotopic (exact) mass is 302 g/mol. The second kappa shape index (κ2) is 8.61. The van der Waals surface area contributed by atoms with E-state index in [2.05, 4.69) is 20.6 Å². The number of pyridine rings is 1. The average molecular weight is 302 g/mol. The lowest BCUT2D eigenvalue weighted by molar-refractivity contribution is 0.322. The van der Waals surface area contributed by atoms with Gasteiger partial charge < -0.3 is 15.4 Å². The van der Waals surface area contributed by atoms with E-state index in [1.165, 1.54) is 6.07 Å². The van der Waals surface area contributed by atoms with Crippen molar-refractivity contribution >= 4 is 5.96 Å². The standard InChI is InChI=1S/C16H19FN4O/c1-18-16(21-12-15-14(17)8-5-9-19-15)20-10-11-22-13-6-3-2-4-7-13/h2-9H,10-12H2,1H3,(H2,18,20,21). The van der Waals surface area contributed by atoms with Crippen LogP contribution in [0.2, 0.25) is 0 Å². The third-order valence-corrected chi connectivity index (χ3v) is 2.89. The van der Waals surface area contributed by atoms with Gasteiger partial charge >= 0.3 is 0 Å². The fraction of sp³-hybridized carbons (Fsp3) is 0.250. The minimum Gasteiger partial charge on any atom is -0.492 e. The molecule has 0 amide bonds. The normalized spacial score (nSPS) is 11.1. The van der Waals surface area contributed by atoms with Crippen molar-refractivity contribution in [1.82, 2.24) is 15.6 Å². The van der Waals surface area contributed by atoms with Crippen LogP contribution in [0.4, 0.5) is 4.39 Å².